The van der Waals surface area contributed by atoms with Crippen LogP contribution < -0.4 is 5.11 Å². The van der Waals surface area contributed by atoms with Crippen molar-refractivity contribution in [2.24, 2.45) is 11.8 Å². The molecule has 4 rings (SSSR count). The lowest BCUT2D eigenvalue weighted by Crippen LogP contribution is -2.45. The van der Waals surface area contributed by atoms with E-state index >= 15 is 0 Å². The molecule has 2 saturated heterocycles. The molecule has 1 spiro atoms. The van der Waals surface area contributed by atoms with Crippen molar-refractivity contribution in [1.29, 1.82) is 0 Å². The second-order valence-corrected chi connectivity index (χ2v) is 6.13. The topological polar surface area (TPSA) is 87.5 Å². The summed E-state index contributed by atoms with van der Waals surface area (Å²) in [5.41, 5.74) is -0.762. The zero-order valence-electron chi connectivity index (χ0n) is 11.9. The van der Waals surface area contributed by atoms with Crippen molar-refractivity contribution in [3.05, 3.63) is 30.9 Å². The predicted octanol–water partition coefficient (Wildman–Crippen LogP) is -1.19. The van der Waals surface area contributed by atoms with Crippen LogP contribution >= 0.6 is 0 Å². The highest BCUT2D eigenvalue weighted by atomic mass is 16.5. The van der Waals surface area contributed by atoms with Crippen LogP contribution in [0.5, 0.6) is 0 Å². The summed E-state index contributed by atoms with van der Waals surface area (Å²) >= 11 is 0. The van der Waals surface area contributed by atoms with Crippen LogP contribution in [-0.4, -0.2) is 51.1 Å². The smallest absolute Gasteiger partial charge is 0.229 e. The summed E-state index contributed by atoms with van der Waals surface area (Å²) < 4.78 is 7.75. The number of carbonyl (C=O) groups is 2. The van der Waals surface area contributed by atoms with Crippen molar-refractivity contribution in [3.8, 4) is 0 Å². The summed E-state index contributed by atoms with van der Waals surface area (Å²) in [5.74, 6) is -2.83. The van der Waals surface area contributed by atoms with Crippen molar-refractivity contribution in [2.45, 2.75) is 24.7 Å². The minimum atomic E-state index is -1.20. The van der Waals surface area contributed by atoms with Gasteiger partial charge in [-0.1, -0.05) is 12.2 Å². The lowest BCUT2D eigenvalue weighted by Gasteiger charge is -2.24. The number of aromatic nitrogens is 2. The van der Waals surface area contributed by atoms with Crippen LogP contribution in [0.25, 0.3) is 0 Å². The molecule has 2 fully saturated rings. The Morgan fingerprint density at radius 3 is 3.09 bits per heavy atom. The average molecular weight is 302 g/mol. The summed E-state index contributed by atoms with van der Waals surface area (Å²) in [7, 11) is 0. The van der Waals surface area contributed by atoms with Crippen LogP contribution in [0.15, 0.2) is 30.9 Å². The SMILES string of the molecule is O=C([O-])[C@H]1[C@H]2C=C[C@@]3(CN(CCCn4ccnc4)C(=O)[C@@H]13)O2. The standard InChI is InChI=1S/C15H17N3O4/c19-13-12-11(14(20)21)10-2-3-15(12,22-10)8-18(13)6-1-5-17-7-4-16-9-17/h2-4,7,9-12H,1,5-6,8H2,(H,20,21)/p-1/t10-,11+,12-,15+/m1/s1. The van der Waals surface area contributed by atoms with E-state index in [0.29, 0.717) is 13.1 Å². The number of amides is 1. The van der Waals surface area contributed by atoms with Crippen molar-refractivity contribution in [1.82, 2.24) is 14.5 Å². The van der Waals surface area contributed by atoms with Gasteiger partial charge in [-0.05, 0) is 6.42 Å². The van der Waals surface area contributed by atoms with Gasteiger partial charge in [-0.15, -0.1) is 0 Å². The van der Waals surface area contributed by atoms with Crippen LogP contribution in [0.4, 0.5) is 0 Å². The summed E-state index contributed by atoms with van der Waals surface area (Å²) in [4.78, 5) is 29.6. The first-order valence-electron chi connectivity index (χ1n) is 7.43. The van der Waals surface area contributed by atoms with Crippen LogP contribution in [-0.2, 0) is 20.9 Å². The fourth-order valence-corrected chi connectivity index (χ4v) is 3.90. The van der Waals surface area contributed by atoms with Crippen molar-refractivity contribution >= 4 is 11.9 Å². The first kappa shape index (κ1) is 13.5. The number of aliphatic carboxylic acids is 1. The largest absolute Gasteiger partial charge is 0.550 e. The Labute approximate surface area is 127 Å². The van der Waals surface area contributed by atoms with Gasteiger partial charge < -0.3 is 24.1 Å². The molecule has 7 heteroatoms. The first-order valence-corrected chi connectivity index (χ1v) is 7.43. The fraction of sp³-hybridized carbons (Fsp3) is 0.533. The number of nitrogens with zero attached hydrogens (tertiary/aromatic N) is 3. The van der Waals surface area contributed by atoms with E-state index in [-0.39, 0.29) is 5.91 Å². The maximum atomic E-state index is 12.6. The Kier molecular flexibility index (Phi) is 2.87. The van der Waals surface area contributed by atoms with Crippen molar-refractivity contribution in [3.63, 3.8) is 0 Å². The van der Waals surface area contributed by atoms with Crippen LogP contribution in [0.1, 0.15) is 6.42 Å². The van der Waals surface area contributed by atoms with E-state index in [9.17, 15) is 14.7 Å². The number of fused-ring (bicyclic) bond motifs is 1. The molecule has 1 aromatic heterocycles. The highest BCUT2D eigenvalue weighted by Gasteiger charge is 2.65. The lowest BCUT2D eigenvalue weighted by atomic mass is 9.77. The maximum absolute atomic E-state index is 12.6. The Balaban J connectivity index is 1.45. The molecule has 4 atom stereocenters. The van der Waals surface area contributed by atoms with Crippen molar-refractivity contribution in [2.75, 3.05) is 13.1 Å². The molecule has 0 N–H and O–H groups in total. The Bertz CT molecular complexity index is 641. The summed E-state index contributed by atoms with van der Waals surface area (Å²) in [5, 5.41) is 11.3. The molecular formula is C15H16N3O4-. The van der Waals surface area contributed by atoms with Crippen LogP contribution in [0, 0.1) is 11.8 Å². The third-order valence-corrected chi connectivity index (χ3v) is 4.85. The molecule has 1 aromatic rings. The highest BCUT2D eigenvalue weighted by Crippen LogP contribution is 2.51. The second-order valence-electron chi connectivity index (χ2n) is 6.13. The van der Waals surface area contributed by atoms with Gasteiger partial charge in [0.05, 0.1) is 24.9 Å². The number of aryl methyl sites for hydroxylation is 1. The van der Waals surface area contributed by atoms with E-state index in [0.717, 1.165) is 13.0 Å². The molecule has 0 radical (unpaired) electrons. The van der Waals surface area contributed by atoms with Gasteiger partial charge in [0.2, 0.25) is 5.91 Å². The lowest BCUT2D eigenvalue weighted by molar-refractivity contribution is -0.313. The average Bonchev–Trinajstić information content (AvgIpc) is 3.22. The number of hydrogen-bond acceptors (Lipinski definition) is 5. The molecule has 0 aromatic carbocycles. The first-order chi connectivity index (χ1) is 10.6. The molecule has 116 valence electrons. The monoisotopic (exact) mass is 302 g/mol. The molecule has 2 bridgehead atoms. The summed E-state index contributed by atoms with van der Waals surface area (Å²) in [6.45, 7) is 1.78. The molecule has 4 heterocycles. The van der Waals surface area contributed by atoms with Crippen molar-refractivity contribution < 1.29 is 19.4 Å². The van der Waals surface area contributed by atoms with E-state index in [1.807, 2.05) is 16.8 Å². The number of carbonyl (C=O) groups excluding carboxylic acids is 2. The normalized spacial score (nSPS) is 35.4. The Hall–Kier alpha value is -2.15. The molecule has 0 unspecified atom stereocenters. The quantitative estimate of drug-likeness (QED) is 0.638. The number of likely N-dealkylation sites (tertiary alicyclic amines) is 1. The Morgan fingerprint density at radius 1 is 1.50 bits per heavy atom. The van der Waals surface area contributed by atoms with Gasteiger partial charge in [-0.3, -0.25) is 4.79 Å². The van der Waals surface area contributed by atoms with E-state index in [2.05, 4.69) is 4.98 Å². The van der Waals surface area contributed by atoms with Crippen LogP contribution in [0.2, 0.25) is 0 Å². The van der Waals surface area contributed by atoms with Gasteiger partial charge in [-0.2, -0.15) is 0 Å². The van der Waals surface area contributed by atoms with E-state index in [1.54, 1.807) is 23.5 Å². The third-order valence-electron chi connectivity index (χ3n) is 4.85. The summed E-state index contributed by atoms with van der Waals surface area (Å²) in [6, 6.07) is 0. The van der Waals surface area contributed by atoms with Crippen LogP contribution in [0.3, 0.4) is 0 Å². The molecule has 0 saturated carbocycles. The Morgan fingerprint density at radius 2 is 2.36 bits per heavy atom. The van der Waals surface area contributed by atoms with Gasteiger partial charge in [-0.25, -0.2) is 4.98 Å². The van der Waals surface area contributed by atoms with E-state index in [1.165, 1.54) is 0 Å². The van der Waals surface area contributed by atoms with Gasteiger partial charge in [0.15, 0.2) is 0 Å². The maximum Gasteiger partial charge on any atom is 0.229 e. The number of carboxylic acid groups (broad SMARTS) is 1. The second kappa shape index (κ2) is 4.67. The van der Waals surface area contributed by atoms with Gasteiger partial charge in [0.25, 0.3) is 0 Å². The molecule has 7 nitrogen and oxygen atoms in total. The molecule has 0 aliphatic carbocycles. The zero-order valence-corrected chi connectivity index (χ0v) is 11.9. The number of rotatable bonds is 5. The minimum absolute atomic E-state index is 0.133. The van der Waals surface area contributed by atoms with Gasteiger partial charge in [0, 0.05) is 37.4 Å². The third kappa shape index (κ3) is 1.81. The predicted molar refractivity (Wildman–Crippen MR) is 72.2 cm³/mol. The molecule has 22 heavy (non-hydrogen) atoms. The van der Waals surface area contributed by atoms with Gasteiger partial charge >= 0.3 is 0 Å². The number of imidazole rings is 1. The minimum Gasteiger partial charge on any atom is -0.550 e. The molecule has 3 aliphatic heterocycles. The summed E-state index contributed by atoms with van der Waals surface area (Å²) in [6.07, 6.45) is 9.19. The molecule has 1 amide bonds. The van der Waals surface area contributed by atoms with Gasteiger partial charge in [0.1, 0.15) is 5.60 Å². The van der Waals surface area contributed by atoms with E-state index < -0.39 is 29.5 Å². The number of carboxylic acids is 1. The number of hydrogen-bond donors (Lipinski definition) is 0. The number of ether oxygens (including phenoxy) is 1. The molecular weight excluding hydrogens is 286 g/mol. The van der Waals surface area contributed by atoms with E-state index in [4.69, 9.17) is 4.74 Å². The fourth-order valence-electron chi connectivity index (χ4n) is 3.90. The highest BCUT2D eigenvalue weighted by molar-refractivity contribution is 5.90. The molecule has 3 aliphatic rings. The zero-order chi connectivity index (χ0) is 15.3.